The maximum Gasteiger partial charge on any atom is 0.407 e. The fraction of sp³-hybridized carbons (Fsp3) is 0.955. The van der Waals surface area contributed by atoms with E-state index in [-0.39, 0.29) is 12.1 Å². The molecule has 3 fully saturated rings. The van der Waals surface area contributed by atoms with Gasteiger partial charge in [0.2, 0.25) is 0 Å². The monoisotopic (exact) mass is 379 g/mol. The Labute approximate surface area is 166 Å². The molecule has 3 rings (SSSR count). The smallest absolute Gasteiger partial charge is 0.407 e. The maximum atomic E-state index is 12.1. The average Bonchev–Trinajstić information content (AvgIpc) is 2.62. The fourth-order valence-corrected chi connectivity index (χ4v) is 5.16. The summed E-state index contributed by atoms with van der Waals surface area (Å²) in [5, 5.41) is 7.00. The number of carbonyl (C=O) groups excluding carboxylic acids is 1. The molecule has 1 heterocycles. The van der Waals surface area contributed by atoms with Crippen LogP contribution in [0.25, 0.3) is 0 Å². The van der Waals surface area contributed by atoms with Gasteiger partial charge in [-0.25, -0.2) is 4.79 Å². The van der Waals surface area contributed by atoms with Crippen LogP contribution in [-0.4, -0.2) is 53.9 Å². The molecule has 1 saturated heterocycles. The van der Waals surface area contributed by atoms with Crippen molar-refractivity contribution >= 4 is 6.09 Å². The van der Waals surface area contributed by atoms with Crippen LogP contribution >= 0.6 is 0 Å². The van der Waals surface area contributed by atoms with E-state index in [1.54, 1.807) is 0 Å². The standard InChI is InChI=1S/C22H41N3O2/c1-22(2,3)27-21(26)24-19-9-7-8-18(16-19)23-17-12-14-25(15-13-17)20-10-5-4-6-11-20/h17-20,23H,4-16H2,1-3H3,(H,24,26)/t18-,19-/m1/s1. The third kappa shape index (κ3) is 6.94. The topological polar surface area (TPSA) is 53.6 Å². The third-order valence-electron chi connectivity index (χ3n) is 6.49. The van der Waals surface area contributed by atoms with Gasteiger partial charge in [0, 0.05) is 24.2 Å². The van der Waals surface area contributed by atoms with E-state index in [4.69, 9.17) is 4.74 Å². The second kappa shape index (κ2) is 9.60. The molecule has 5 heteroatoms. The Bertz CT molecular complexity index is 463. The Kier molecular flexibility index (Phi) is 7.43. The molecule has 27 heavy (non-hydrogen) atoms. The number of amides is 1. The minimum Gasteiger partial charge on any atom is -0.444 e. The minimum atomic E-state index is -0.428. The summed E-state index contributed by atoms with van der Waals surface area (Å²) < 4.78 is 5.42. The van der Waals surface area contributed by atoms with Crippen LogP contribution in [0.3, 0.4) is 0 Å². The largest absolute Gasteiger partial charge is 0.444 e. The molecule has 0 radical (unpaired) electrons. The summed E-state index contributed by atoms with van der Waals surface area (Å²) in [7, 11) is 0. The lowest BCUT2D eigenvalue weighted by Crippen LogP contribution is -2.52. The third-order valence-corrected chi connectivity index (χ3v) is 6.49. The minimum absolute atomic E-state index is 0.244. The first kappa shape index (κ1) is 20.9. The van der Waals surface area contributed by atoms with E-state index in [0.29, 0.717) is 12.1 Å². The van der Waals surface area contributed by atoms with Crippen LogP contribution in [0.1, 0.15) is 91.4 Å². The van der Waals surface area contributed by atoms with Crippen LogP contribution in [-0.2, 0) is 4.74 Å². The molecule has 1 aliphatic heterocycles. The van der Waals surface area contributed by atoms with Crippen LogP contribution in [0, 0.1) is 0 Å². The summed E-state index contributed by atoms with van der Waals surface area (Å²) in [4.78, 5) is 14.8. The van der Waals surface area contributed by atoms with Crippen molar-refractivity contribution in [2.24, 2.45) is 0 Å². The van der Waals surface area contributed by atoms with Crippen molar-refractivity contribution in [3.8, 4) is 0 Å². The van der Waals surface area contributed by atoms with Crippen molar-refractivity contribution in [2.45, 2.75) is 121 Å². The van der Waals surface area contributed by atoms with Crippen molar-refractivity contribution in [3.05, 3.63) is 0 Å². The Hall–Kier alpha value is -0.810. The quantitative estimate of drug-likeness (QED) is 0.768. The number of hydrogen-bond acceptors (Lipinski definition) is 4. The number of ether oxygens (including phenoxy) is 1. The highest BCUT2D eigenvalue weighted by Gasteiger charge is 2.30. The molecular formula is C22H41N3O2. The molecule has 0 unspecified atom stereocenters. The van der Waals surface area contributed by atoms with Crippen LogP contribution in [0.5, 0.6) is 0 Å². The van der Waals surface area contributed by atoms with Gasteiger partial charge in [-0.3, -0.25) is 0 Å². The zero-order valence-corrected chi connectivity index (χ0v) is 17.8. The Morgan fingerprint density at radius 3 is 2.19 bits per heavy atom. The van der Waals surface area contributed by atoms with Crippen molar-refractivity contribution in [3.63, 3.8) is 0 Å². The summed E-state index contributed by atoms with van der Waals surface area (Å²) in [6.45, 7) is 8.26. The molecule has 2 aliphatic carbocycles. The number of alkyl carbamates (subject to hydrolysis) is 1. The van der Waals surface area contributed by atoms with E-state index in [0.717, 1.165) is 18.9 Å². The molecule has 0 aromatic heterocycles. The second-order valence-electron chi connectivity index (χ2n) is 9.98. The molecule has 1 amide bonds. The predicted octanol–water partition coefficient (Wildman–Crippen LogP) is 4.21. The van der Waals surface area contributed by atoms with Crippen molar-refractivity contribution in [1.82, 2.24) is 15.5 Å². The number of piperidine rings is 1. The van der Waals surface area contributed by atoms with E-state index < -0.39 is 5.60 Å². The lowest BCUT2D eigenvalue weighted by atomic mass is 9.89. The highest BCUT2D eigenvalue weighted by molar-refractivity contribution is 5.68. The van der Waals surface area contributed by atoms with Gasteiger partial charge in [-0.2, -0.15) is 0 Å². The summed E-state index contributed by atoms with van der Waals surface area (Å²) in [6, 6.07) is 2.28. The molecule has 0 bridgehead atoms. The molecule has 3 aliphatic rings. The van der Waals surface area contributed by atoms with Gasteiger partial charge in [-0.15, -0.1) is 0 Å². The van der Waals surface area contributed by atoms with Gasteiger partial charge in [-0.05, 0) is 85.2 Å². The second-order valence-corrected chi connectivity index (χ2v) is 9.98. The highest BCUT2D eigenvalue weighted by Crippen LogP contribution is 2.26. The summed E-state index contributed by atoms with van der Waals surface area (Å²) in [6.07, 6.45) is 13.9. The molecule has 2 N–H and O–H groups in total. The Balaban J connectivity index is 1.37. The lowest BCUT2D eigenvalue weighted by Gasteiger charge is -2.41. The van der Waals surface area contributed by atoms with Crippen LogP contribution in [0.15, 0.2) is 0 Å². The number of nitrogens with zero attached hydrogens (tertiary/aromatic N) is 1. The number of nitrogens with one attached hydrogen (secondary N) is 2. The number of likely N-dealkylation sites (tertiary alicyclic amines) is 1. The maximum absolute atomic E-state index is 12.1. The fourth-order valence-electron chi connectivity index (χ4n) is 5.16. The molecule has 0 spiro atoms. The van der Waals surface area contributed by atoms with E-state index in [1.807, 2.05) is 20.8 Å². The average molecular weight is 380 g/mol. The highest BCUT2D eigenvalue weighted by atomic mass is 16.6. The normalized spacial score (nSPS) is 29.4. The Morgan fingerprint density at radius 1 is 0.852 bits per heavy atom. The van der Waals surface area contributed by atoms with Crippen LogP contribution < -0.4 is 10.6 Å². The van der Waals surface area contributed by atoms with Crippen LogP contribution in [0.4, 0.5) is 4.79 Å². The molecule has 156 valence electrons. The summed E-state index contributed by atoms with van der Waals surface area (Å²) in [5.74, 6) is 0. The van der Waals surface area contributed by atoms with Crippen molar-refractivity contribution in [1.29, 1.82) is 0 Å². The van der Waals surface area contributed by atoms with Crippen molar-refractivity contribution < 1.29 is 9.53 Å². The number of hydrogen-bond donors (Lipinski definition) is 2. The van der Waals surface area contributed by atoms with Gasteiger partial charge in [0.15, 0.2) is 0 Å². The number of rotatable bonds is 4. The number of carbonyl (C=O) groups is 1. The zero-order chi connectivity index (χ0) is 19.3. The van der Waals surface area contributed by atoms with Gasteiger partial charge >= 0.3 is 6.09 Å². The van der Waals surface area contributed by atoms with E-state index >= 15 is 0 Å². The summed E-state index contributed by atoms with van der Waals surface area (Å²) >= 11 is 0. The lowest BCUT2D eigenvalue weighted by molar-refractivity contribution is 0.0486. The summed E-state index contributed by atoms with van der Waals surface area (Å²) in [5.41, 5.74) is -0.428. The van der Waals surface area contributed by atoms with Gasteiger partial charge in [0.1, 0.15) is 5.60 Å². The Morgan fingerprint density at radius 2 is 1.52 bits per heavy atom. The van der Waals surface area contributed by atoms with Crippen molar-refractivity contribution in [2.75, 3.05) is 13.1 Å². The van der Waals surface area contributed by atoms with Gasteiger partial charge < -0.3 is 20.3 Å². The molecule has 2 saturated carbocycles. The van der Waals surface area contributed by atoms with Crippen LogP contribution in [0.2, 0.25) is 0 Å². The predicted molar refractivity (Wildman–Crippen MR) is 110 cm³/mol. The van der Waals surface area contributed by atoms with E-state index in [1.165, 1.54) is 70.9 Å². The van der Waals surface area contributed by atoms with Gasteiger partial charge in [0.25, 0.3) is 0 Å². The van der Waals surface area contributed by atoms with E-state index in [9.17, 15) is 4.79 Å². The molecule has 2 atom stereocenters. The SMILES string of the molecule is CC(C)(C)OC(=O)N[C@@H]1CCC[C@@H](NC2CCN(C3CCCCC3)CC2)C1. The first-order valence-electron chi connectivity index (χ1n) is 11.4. The molecule has 0 aromatic carbocycles. The zero-order valence-electron chi connectivity index (χ0n) is 17.8. The molecular weight excluding hydrogens is 338 g/mol. The first-order valence-corrected chi connectivity index (χ1v) is 11.4. The molecule has 0 aromatic rings. The van der Waals surface area contributed by atoms with Gasteiger partial charge in [0.05, 0.1) is 0 Å². The molecule has 5 nitrogen and oxygen atoms in total. The van der Waals surface area contributed by atoms with E-state index in [2.05, 4.69) is 15.5 Å². The van der Waals surface area contributed by atoms with Gasteiger partial charge in [-0.1, -0.05) is 19.3 Å². The first-order chi connectivity index (χ1) is 12.9.